The number of hydrogen-bond acceptors (Lipinski definition) is 4. The van der Waals surface area contributed by atoms with Crippen LogP contribution in [0.3, 0.4) is 0 Å². The van der Waals surface area contributed by atoms with E-state index in [0.29, 0.717) is 4.88 Å². The van der Waals surface area contributed by atoms with Crippen molar-refractivity contribution < 1.29 is 17.6 Å². The molecule has 0 saturated carbocycles. The number of carbonyl (C=O) groups excluding carboxylic acids is 1. The van der Waals surface area contributed by atoms with Crippen molar-refractivity contribution >= 4 is 27.3 Å². The van der Waals surface area contributed by atoms with Gasteiger partial charge in [-0.1, -0.05) is 24.3 Å². The highest BCUT2D eigenvalue weighted by atomic mass is 32.2. The Hall–Kier alpha value is -2.55. The van der Waals surface area contributed by atoms with Crippen LogP contribution in [-0.4, -0.2) is 21.4 Å². The van der Waals surface area contributed by atoms with Crippen LogP contribution in [0, 0.1) is 5.82 Å². The van der Waals surface area contributed by atoms with Gasteiger partial charge >= 0.3 is 0 Å². The molecule has 0 aliphatic heterocycles. The standard InChI is InChI=1S/C19H17FN2O3S2/c1-21-27(24,25)16-8-2-13(3-9-16)12-22-19(23)18-11-10-17(26-18)14-4-6-15(20)7-5-14/h2-11,21H,12H2,1H3,(H,22,23). The SMILES string of the molecule is CNS(=O)(=O)c1ccc(CNC(=O)c2ccc(-c3ccc(F)cc3)s2)cc1. The van der Waals surface area contributed by atoms with Gasteiger partial charge in [-0.3, -0.25) is 4.79 Å². The lowest BCUT2D eigenvalue weighted by Gasteiger charge is -2.06. The minimum atomic E-state index is -3.47. The van der Waals surface area contributed by atoms with E-state index in [1.165, 1.54) is 42.6 Å². The van der Waals surface area contributed by atoms with Crippen LogP contribution < -0.4 is 10.0 Å². The summed E-state index contributed by atoms with van der Waals surface area (Å²) in [6.07, 6.45) is 0. The highest BCUT2D eigenvalue weighted by molar-refractivity contribution is 7.89. The van der Waals surface area contributed by atoms with Crippen molar-refractivity contribution in [2.24, 2.45) is 0 Å². The number of nitrogens with one attached hydrogen (secondary N) is 2. The Kier molecular flexibility index (Phi) is 5.69. The van der Waals surface area contributed by atoms with Gasteiger partial charge in [0.2, 0.25) is 10.0 Å². The second kappa shape index (κ2) is 7.99. The van der Waals surface area contributed by atoms with Gasteiger partial charge < -0.3 is 5.32 Å². The summed E-state index contributed by atoms with van der Waals surface area (Å²) in [5.41, 5.74) is 1.63. The first-order valence-electron chi connectivity index (χ1n) is 8.05. The number of thiophene rings is 1. The zero-order valence-electron chi connectivity index (χ0n) is 14.4. The summed E-state index contributed by atoms with van der Waals surface area (Å²) in [6, 6.07) is 15.9. The Labute approximate surface area is 160 Å². The first kappa shape index (κ1) is 19.2. The zero-order chi connectivity index (χ0) is 19.4. The quantitative estimate of drug-likeness (QED) is 0.661. The number of sulfonamides is 1. The molecule has 1 aromatic heterocycles. The third-order valence-electron chi connectivity index (χ3n) is 3.91. The third kappa shape index (κ3) is 4.60. The van der Waals surface area contributed by atoms with E-state index >= 15 is 0 Å². The molecule has 3 rings (SSSR count). The van der Waals surface area contributed by atoms with Gasteiger partial charge in [-0.05, 0) is 54.6 Å². The Morgan fingerprint density at radius 3 is 2.30 bits per heavy atom. The Morgan fingerprint density at radius 1 is 1.00 bits per heavy atom. The summed E-state index contributed by atoms with van der Waals surface area (Å²) < 4.78 is 38.7. The molecule has 27 heavy (non-hydrogen) atoms. The summed E-state index contributed by atoms with van der Waals surface area (Å²) in [7, 11) is -2.12. The van der Waals surface area contributed by atoms with E-state index < -0.39 is 10.0 Å². The summed E-state index contributed by atoms with van der Waals surface area (Å²) >= 11 is 1.32. The van der Waals surface area contributed by atoms with Gasteiger partial charge in [0, 0.05) is 11.4 Å². The van der Waals surface area contributed by atoms with Crippen LogP contribution >= 0.6 is 11.3 Å². The zero-order valence-corrected chi connectivity index (χ0v) is 16.0. The number of hydrogen-bond donors (Lipinski definition) is 2. The summed E-state index contributed by atoms with van der Waals surface area (Å²) in [5.74, 6) is -0.526. The molecule has 5 nitrogen and oxygen atoms in total. The Balaban J connectivity index is 1.64. The molecule has 140 valence electrons. The van der Waals surface area contributed by atoms with Gasteiger partial charge in [0.25, 0.3) is 5.91 Å². The molecule has 2 N–H and O–H groups in total. The lowest BCUT2D eigenvalue weighted by atomic mass is 10.2. The van der Waals surface area contributed by atoms with Crippen LogP contribution in [0.15, 0.2) is 65.6 Å². The van der Waals surface area contributed by atoms with Crippen LogP contribution in [0.2, 0.25) is 0 Å². The number of halogens is 1. The fourth-order valence-electron chi connectivity index (χ4n) is 2.40. The molecule has 8 heteroatoms. The maximum atomic E-state index is 13.0. The van der Waals surface area contributed by atoms with Crippen molar-refractivity contribution in [3.8, 4) is 10.4 Å². The molecule has 0 radical (unpaired) electrons. The molecule has 0 atom stereocenters. The van der Waals surface area contributed by atoms with Gasteiger partial charge in [0.15, 0.2) is 0 Å². The lowest BCUT2D eigenvalue weighted by Crippen LogP contribution is -2.22. The fraction of sp³-hybridized carbons (Fsp3) is 0.105. The van der Waals surface area contributed by atoms with Crippen LogP contribution in [0.5, 0.6) is 0 Å². The van der Waals surface area contributed by atoms with Gasteiger partial charge in [0.05, 0.1) is 9.77 Å². The van der Waals surface area contributed by atoms with Crippen molar-refractivity contribution in [3.05, 3.63) is 76.9 Å². The van der Waals surface area contributed by atoms with Gasteiger partial charge in [-0.15, -0.1) is 11.3 Å². The first-order chi connectivity index (χ1) is 12.9. The highest BCUT2D eigenvalue weighted by Gasteiger charge is 2.12. The van der Waals surface area contributed by atoms with E-state index in [1.807, 2.05) is 6.07 Å². The maximum absolute atomic E-state index is 13.0. The number of rotatable bonds is 6. The predicted octanol–water partition coefficient (Wildman–Crippen LogP) is 3.39. The van der Waals surface area contributed by atoms with Gasteiger partial charge in [-0.25, -0.2) is 17.5 Å². The Bertz CT molecular complexity index is 1040. The third-order valence-corrected chi connectivity index (χ3v) is 6.48. The maximum Gasteiger partial charge on any atom is 0.261 e. The smallest absolute Gasteiger partial charge is 0.261 e. The van der Waals surface area contributed by atoms with Crippen molar-refractivity contribution in [2.75, 3.05) is 7.05 Å². The van der Waals surface area contributed by atoms with E-state index in [9.17, 15) is 17.6 Å². The number of carbonyl (C=O) groups is 1. The Morgan fingerprint density at radius 2 is 1.67 bits per heavy atom. The summed E-state index contributed by atoms with van der Waals surface area (Å²) in [6.45, 7) is 0.280. The number of benzene rings is 2. The minimum Gasteiger partial charge on any atom is -0.347 e. The van der Waals surface area contributed by atoms with Crippen LogP contribution in [0.1, 0.15) is 15.2 Å². The average Bonchev–Trinajstić information content (AvgIpc) is 3.17. The van der Waals surface area contributed by atoms with E-state index in [0.717, 1.165) is 16.0 Å². The van der Waals surface area contributed by atoms with E-state index in [1.54, 1.807) is 30.3 Å². The normalized spacial score (nSPS) is 11.3. The topological polar surface area (TPSA) is 75.3 Å². The number of amides is 1. The predicted molar refractivity (Wildman–Crippen MR) is 104 cm³/mol. The molecular formula is C19H17FN2O3S2. The molecule has 2 aromatic carbocycles. The largest absolute Gasteiger partial charge is 0.347 e. The fourth-order valence-corrected chi connectivity index (χ4v) is 4.06. The van der Waals surface area contributed by atoms with Crippen molar-refractivity contribution in [1.29, 1.82) is 0 Å². The van der Waals surface area contributed by atoms with Gasteiger partial charge in [0.1, 0.15) is 5.82 Å². The molecule has 0 saturated heterocycles. The van der Waals surface area contributed by atoms with E-state index in [4.69, 9.17) is 0 Å². The molecule has 0 aliphatic rings. The van der Waals surface area contributed by atoms with Crippen molar-refractivity contribution in [3.63, 3.8) is 0 Å². The van der Waals surface area contributed by atoms with Crippen LogP contribution in [0.25, 0.3) is 10.4 Å². The first-order valence-corrected chi connectivity index (χ1v) is 10.4. The average molecular weight is 404 g/mol. The van der Waals surface area contributed by atoms with Crippen molar-refractivity contribution in [1.82, 2.24) is 10.0 Å². The molecule has 0 spiro atoms. The lowest BCUT2D eigenvalue weighted by molar-refractivity contribution is 0.0955. The molecule has 0 aliphatic carbocycles. The monoisotopic (exact) mass is 404 g/mol. The van der Waals surface area contributed by atoms with Crippen molar-refractivity contribution in [2.45, 2.75) is 11.4 Å². The molecule has 3 aromatic rings. The molecule has 0 bridgehead atoms. The highest BCUT2D eigenvalue weighted by Crippen LogP contribution is 2.28. The molecule has 1 amide bonds. The molecule has 1 heterocycles. The molecule has 0 fully saturated rings. The van der Waals surface area contributed by atoms with Gasteiger partial charge in [-0.2, -0.15) is 0 Å². The summed E-state index contributed by atoms with van der Waals surface area (Å²) in [5, 5.41) is 2.81. The second-order valence-electron chi connectivity index (χ2n) is 5.70. The second-order valence-corrected chi connectivity index (χ2v) is 8.68. The van der Waals surface area contributed by atoms with Crippen LogP contribution in [0.4, 0.5) is 4.39 Å². The van der Waals surface area contributed by atoms with Crippen LogP contribution in [-0.2, 0) is 16.6 Å². The van der Waals surface area contributed by atoms with E-state index in [2.05, 4.69) is 10.0 Å². The summed E-state index contributed by atoms with van der Waals surface area (Å²) in [4.78, 5) is 13.9. The molecule has 0 unspecified atom stereocenters. The molecular weight excluding hydrogens is 387 g/mol. The van der Waals surface area contributed by atoms with E-state index in [-0.39, 0.29) is 23.2 Å². The minimum absolute atomic E-state index is 0.169.